The van der Waals surface area contributed by atoms with Crippen molar-refractivity contribution in [1.82, 2.24) is 9.88 Å². The lowest BCUT2D eigenvalue weighted by Gasteiger charge is -2.22. The number of thiazole rings is 1. The minimum atomic E-state index is 0. The number of likely N-dealkylation sites (N-methyl/N-ethyl adjacent to an activating group) is 1. The Morgan fingerprint density at radius 1 is 1.13 bits per heavy atom. The Labute approximate surface area is 193 Å². The van der Waals surface area contributed by atoms with Gasteiger partial charge < -0.3 is 9.64 Å². The molecule has 0 saturated carbocycles. The Bertz CT molecular complexity index is 951. The van der Waals surface area contributed by atoms with Crippen molar-refractivity contribution in [1.29, 1.82) is 0 Å². The average Bonchev–Trinajstić information content (AvgIpc) is 3.13. The lowest BCUT2D eigenvalue weighted by molar-refractivity contribution is -0.118. The summed E-state index contributed by atoms with van der Waals surface area (Å²) in [4.78, 5) is 21.8. The molecule has 30 heavy (non-hydrogen) atoms. The number of aromatic nitrogens is 1. The van der Waals surface area contributed by atoms with Gasteiger partial charge in [0.25, 0.3) is 0 Å². The van der Waals surface area contributed by atoms with Crippen LogP contribution in [0.15, 0.2) is 36.4 Å². The third kappa shape index (κ3) is 5.85. The lowest BCUT2D eigenvalue weighted by Crippen LogP contribution is -2.37. The van der Waals surface area contributed by atoms with E-state index in [1.54, 1.807) is 4.90 Å². The molecule has 0 saturated heterocycles. The second-order valence-electron chi connectivity index (χ2n) is 7.14. The van der Waals surface area contributed by atoms with Gasteiger partial charge >= 0.3 is 0 Å². The molecule has 3 aromatic rings. The molecule has 0 unspecified atom stereocenters. The number of ether oxygens (including phenoxy) is 1. The molecule has 3 rings (SSSR count). The maximum Gasteiger partial charge on any atom is 0.233 e. The van der Waals surface area contributed by atoms with Gasteiger partial charge in [-0.25, -0.2) is 4.98 Å². The summed E-state index contributed by atoms with van der Waals surface area (Å²) in [6.07, 6.45) is 0.308. The molecule has 0 spiro atoms. The van der Waals surface area contributed by atoms with Crippen molar-refractivity contribution in [2.75, 3.05) is 38.7 Å². The molecule has 5 nitrogen and oxygen atoms in total. The summed E-state index contributed by atoms with van der Waals surface area (Å²) < 4.78 is 6.40. The SMILES string of the molecule is CCOc1ccc(CC(=O)N(CCN(C)C)c2nc3c(C)ccc(Cl)c3s2)cc1.Cl. The fourth-order valence-electron chi connectivity index (χ4n) is 2.97. The van der Waals surface area contributed by atoms with Gasteiger partial charge in [0.15, 0.2) is 5.13 Å². The first-order valence-corrected chi connectivity index (χ1v) is 10.8. The first-order valence-electron chi connectivity index (χ1n) is 9.61. The Hall–Kier alpha value is -1.86. The van der Waals surface area contributed by atoms with Gasteiger partial charge in [0, 0.05) is 13.1 Å². The summed E-state index contributed by atoms with van der Waals surface area (Å²) in [6.45, 7) is 5.90. The summed E-state index contributed by atoms with van der Waals surface area (Å²) in [5, 5.41) is 1.36. The fourth-order valence-corrected chi connectivity index (χ4v) is 4.33. The minimum absolute atomic E-state index is 0. The Balaban J connectivity index is 0.00000320. The Morgan fingerprint density at radius 2 is 1.83 bits per heavy atom. The van der Waals surface area contributed by atoms with Gasteiger partial charge in [0.05, 0.1) is 28.3 Å². The quantitative estimate of drug-likeness (QED) is 0.455. The Morgan fingerprint density at radius 3 is 2.43 bits per heavy atom. The van der Waals surface area contributed by atoms with Gasteiger partial charge in [-0.2, -0.15) is 0 Å². The van der Waals surface area contributed by atoms with Gasteiger partial charge in [-0.05, 0) is 57.3 Å². The zero-order valence-electron chi connectivity index (χ0n) is 17.6. The van der Waals surface area contributed by atoms with E-state index in [0.29, 0.717) is 29.7 Å². The van der Waals surface area contributed by atoms with Gasteiger partial charge in [-0.15, -0.1) is 12.4 Å². The molecule has 0 N–H and O–H groups in total. The highest BCUT2D eigenvalue weighted by molar-refractivity contribution is 7.23. The van der Waals surface area contributed by atoms with Crippen molar-refractivity contribution in [3.05, 3.63) is 52.5 Å². The molecule has 1 amide bonds. The fraction of sp³-hybridized carbons (Fsp3) is 0.364. The molecule has 0 fully saturated rings. The summed E-state index contributed by atoms with van der Waals surface area (Å²) in [5.74, 6) is 0.827. The number of aryl methyl sites for hydroxylation is 1. The highest BCUT2D eigenvalue weighted by Gasteiger charge is 2.21. The Kier molecular flexibility index (Phi) is 8.92. The third-order valence-corrected chi connectivity index (χ3v) is 6.12. The molecule has 0 aliphatic rings. The molecule has 1 aromatic heterocycles. The van der Waals surface area contributed by atoms with E-state index in [0.717, 1.165) is 33.6 Å². The monoisotopic (exact) mass is 467 g/mol. The normalized spacial score (nSPS) is 10.9. The van der Waals surface area contributed by atoms with Crippen molar-refractivity contribution in [3.63, 3.8) is 0 Å². The number of nitrogens with zero attached hydrogens (tertiary/aromatic N) is 3. The largest absolute Gasteiger partial charge is 0.494 e. The van der Waals surface area contributed by atoms with E-state index < -0.39 is 0 Å². The van der Waals surface area contributed by atoms with Crippen LogP contribution in [-0.2, 0) is 11.2 Å². The lowest BCUT2D eigenvalue weighted by atomic mass is 10.1. The third-order valence-electron chi connectivity index (χ3n) is 4.58. The highest BCUT2D eigenvalue weighted by Crippen LogP contribution is 2.35. The summed E-state index contributed by atoms with van der Waals surface area (Å²) >= 11 is 7.84. The molecule has 0 aliphatic carbocycles. The molecule has 162 valence electrons. The first-order chi connectivity index (χ1) is 13.9. The predicted molar refractivity (Wildman–Crippen MR) is 129 cm³/mol. The number of carbonyl (C=O) groups excluding carboxylic acids is 1. The van der Waals surface area contributed by atoms with E-state index >= 15 is 0 Å². The number of fused-ring (bicyclic) bond motifs is 1. The highest BCUT2D eigenvalue weighted by atomic mass is 35.5. The number of hydrogen-bond donors (Lipinski definition) is 0. The number of rotatable bonds is 8. The molecule has 0 aliphatic heterocycles. The number of carbonyl (C=O) groups is 1. The molecule has 0 atom stereocenters. The van der Waals surface area contributed by atoms with Crippen molar-refractivity contribution < 1.29 is 9.53 Å². The topological polar surface area (TPSA) is 45.7 Å². The van der Waals surface area contributed by atoms with E-state index in [1.165, 1.54) is 11.3 Å². The van der Waals surface area contributed by atoms with Crippen LogP contribution in [0.4, 0.5) is 5.13 Å². The van der Waals surface area contributed by atoms with Crippen molar-refractivity contribution in [2.45, 2.75) is 20.3 Å². The van der Waals surface area contributed by atoms with E-state index in [4.69, 9.17) is 21.3 Å². The zero-order valence-corrected chi connectivity index (χ0v) is 20.0. The minimum Gasteiger partial charge on any atom is -0.494 e. The second kappa shape index (κ2) is 11.0. The van der Waals surface area contributed by atoms with Crippen LogP contribution >= 0.6 is 35.3 Å². The molecular formula is C22H27Cl2N3O2S. The molecular weight excluding hydrogens is 441 g/mol. The summed E-state index contributed by atoms with van der Waals surface area (Å²) in [5.41, 5.74) is 2.86. The molecule has 1 heterocycles. The summed E-state index contributed by atoms with van der Waals surface area (Å²) in [6, 6.07) is 11.5. The van der Waals surface area contributed by atoms with Crippen LogP contribution in [-0.4, -0.2) is 49.6 Å². The molecule has 8 heteroatoms. The van der Waals surface area contributed by atoms with E-state index in [9.17, 15) is 4.79 Å². The number of halogens is 2. The predicted octanol–water partition coefficient (Wildman–Crippen LogP) is 5.22. The number of amides is 1. The zero-order chi connectivity index (χ0) is 21.0. The van der Waals surface area contributed by atoms with Crippen molar-refractivity contribution in [3.8, 4) is 5.75 Å². The van der Waals surface area contributed by atoms with E-state index in [2.05, 4.69) is 4.90 Å². The van der Waals surface area contributed by atoms with Crippen LogP contribution in [0, 0.1) is 6.92 Å². The van der Waals surface area contributed by atoms with Crippen molar-refractivity contribution in [2.24, 2.45) is 0 Å². The van der Waals surface area contributed by atoms with E-state index in [-0.39, 0.29) is 18.3 Å². The van der Waals surface area contributed by atoms with Crippen LogP contribution in [0.5, 0.6) is 5.75 Å². The van der Waals surface area contributed by atoms with Crippen LogP contribution in [0.3, 0.4) is 0 Å². The molecule has 2 aromatic carbocycles. The van der Waals surface area contributed by atoms with Crippen LogP contribution < -0.4 is 9.64 Å². The average molecular weight is 468 g/mol. The smallest absolute Gasteiger partial charge is 0.233 e. The van der Waals surface area contributed by atoms with Gasteiger partial charge in [-0.1, -0.05) is 41.1 Å². The first kappa shape index (κ1) is 24.4. The summed E-state index contributed by atoms with van der Waals surface area (Å²) in [7, 11) is 3.99. The van der Waals surface area contributed by atoms with Gasteiger partial charge in [0.2, 0.25) is 5.91 Å². The number of hydrogen-bond acceptors (Lipinski definition) is 5. The van der Waals surface area contributed by atoms with Gasteiger partial charge in [0.1, 0.15) is 5.75 Å². The molecule has 0 bridgehead atoms. The standard InChI is InChI=1S/C22H26ClN3O2S.ClH/c1-5-28-17-9-7-16(8-10-17)14-19(27)26(13-12-25(3)4)22-24-20-15(2)6-11-18(23)21(20)29-22;/h6-11H,5,12-14H2,1-4H3;1H. The maximum atomic E-state index is 13.2. The molecule has 0 radical (unpaired) electrons. The number of anilines is 1. The van der Waals surface area contributed by atoms with Crippen molar-refractivity contribution >= 4 is 56.6 Å². The van der Waals surface area contributed by atoms with E-state index in [1.807, 2.05) is 64.3 Å². The second-order valence-corrected chi connectivity index (χ2v) is 8.53. The van der Waals surface area contributed by atoms with Gasteiger partial charge in [-0.3, -0.25) is 9.69 Å². The van der Waals surface area contributed by atoms with Crippen LogP contribution in [0.1, 0.15) is 18.1 Å². The maximum absolute atomic E-state index is 13.2. The van der Waals surface area contributed by atoms with Crippen LogP contribution in [0.2, 0.25) is 5.02 Å². The number of benzene rings is 2. The van der Waals surface area contributed by atoms with Crippen LogP contribution in [0.25, 0.3) is 10.2 Å².